The summed E-state index contributed by atoms with van der Waals surface area (Å²) in [5.74, 6) is 1.01. The minimum atomic E-state index is 0.194. The van der Waals surface area contributed by atoms with E-state index in [0.717, 1.165) is 44.8 Å². The van der Waals surface area contributed by atoms with Crippen LogP contribution >= 0.6 is 0 Å². The Labute approximate surface area is 155 Å². The van der Waals surface area contributed by atoms with E-state index in [1.165, 1.54) is 22.2 Å². The van der Waals surface area contributed by atoms with Crippen LogP contribution < -0.4 is 15.0 Å². The standard InChI is InChI=1S/C22H27N3O/c1-2-13-25-16-18(26-22-10-6-5-9-21(22)25)15-23-12-11-17-14-24-20-8-4-3-7-19(17)20/h3-10,14,18,23-24H,2,11-13,15-16H2,1H3. The maximum absolute atomic E-state index is 6.21. The number of fused-ring (bicyclic) bond motifs is 2. The van der Waals surface area contributed by atoms with Crippen LogP contribution in [-0.4, -0.2) is 37.3 Å². The van der Waals surface area contributed by atoms with Crippen LogP contribution in [0.15, 0.2) is 54.7 Å². The average Bonchev–Trinajstić information content (AvgIpc) is 3.09. The summed E-state index contributed by atoms with van der Waals surface area (Å²) in [7, 11) is 0. The molecule has 0 amide bonds. The summed E-state index contributed by atoms with van der Waals surface area (Å²) in [5, 5.41) is 4.91. The number of nitrogens with one attached hydrogen (secondary N) is 2. The van der Waals surface area contributed by atoms with Gasteiger partial charge in [-0.15, -0.1) is 0 Å². The predicted molar refractivity (Wildman–Crippen MR) is 108 cm³/mol. The molecule has 0 saturated heterocycles. The molecule has 0 bridgehead atoms. The van der Waals surface area contributed by atoms with Crippen LogP contribution in [0.5, 0.6) is 5.75 Å². The zero-order chi connectivity index (χ0) is 17.8. The third kappa shape index (κ3) is 3.56. The molecule has 4 heteroatoms. The fraction of sp³-hybridized carbons (Fsp3) is 0.364. The summed E-state index contributed by atoms with van der Waals surface area (Å²) in [6.45, 7) is 6.08. The molecule has 0 fully saturated rings. The first-order valence-electron chi connectivity index (χ1n) is 9.61. The van der Waals surface area contributed by atoms with Crippen LogP contribution in [0.2, 0.25) is 0 Å². The SMILES string of the molecule is CCCN1CC(CNCCc2c[nH]c3ccccc23)Oc2ccccc21. The summed E-state index contributed by atoms with van der Waals surface area (Å²) in [5.41, 5.74) is 3.81. The monoisotopic (exact) mass is 349 g/mol. The Balaban J connectivity index is 1.32. The molecule has 1 aliphatic heterocycles. The van der Waals surface area contributed by atoms with Crippen molar-refractivity contribution in [1.82, 2.24) is 10.3 Å². The van der Waals surface area contributed by atoms with Gasteiger partial charge in [-0.1, -0.05) is 37.3 Å². The number of nitrogens with zero attached hydrogens (tertiary/aromatic N) is 1. The highest BCUT2D eigenvalue weighted by molar-refractivity contribution is 5.83. The summed E-state index contributed by atoms with van der Waals surface area (Å²) in [4.78, 5) is 5.80. The van der Waals surface area contributed by atoms with Gasteiger partial charge >= 0.3 is 0 Å². The zero-order valence-electron chi connectivity index (χ0n) is 15.4. The Kier molecular flexibility index (Phi) is 5.12. The van der Waals surface area contributed by atoms with E-state index in [4.69, 9.17) is 4.74 Å². The van der Waals surface area contributed by atoms with Crippen LogP contribution in [-0.2, 0) is 6.42 Å². The van der Waals surface area contributed by atoms with E-state index in [1.807, 2.05) is 0 Å². The third-order valence-electron chi connectivity index (χ3n) is 5.04. The highest BCUT2D eigenvalue weighted by Crippen LogP contribution is 2.32. The summed E-state index contributed by atoms with van der Waals surface area (Å²) in [6.07, 6.45) is 4.49. The van der Waals surface area contributed by atoms with E-state index in [2.05, 4.69) is 76.9 Å². The summed E-state index contributed by atoms with van der Waals surface area (Å²) >= 11 is 0. The van der Waals surface area contributed by atoms with E-state index >= 15 is 0 Å². The third-order valence-corrected chi connectivity index (χ3v) is 5.04. The van der Waals surface area contributed by atoms with Gasteiger partial charge in [0, 0.05) is 30.2 Å². The minimum Gasteiger partial charge on any atom is -0.485 e. The van der Waals surface area contributed by atoms with Gasteiger partial charge < -0.3 is 19.9 Å². The average molecular weight is 349 g/mol. The van der Waals surface area contributed by atoms with Crippen molar-refractivity contribution in [2.75, 3.05) is 31.1 Å². The number of hydrogen-bond acceptors (Lipinski definition) is 3. The molecule has 0 saturated carbocycles. The molecule has 26 heavy (non-hydrogen) atoms. The molecule has 0 radical (unpaired) electrons. The number of anilines is 1. The van der Waals surface area contributed by atoms with Crippen molar-refractivity contribution in [1.29, 1.82) is 0 Å². The van der Waals surface area contributed by atoms with Gasteiger partial charge in [0.2, 0.25) is 0 Å². The number of H-pyrrole nitrogens is 1. The van der Waals surface area contributed by atoms with Gasteiger partial charge in [0.05, 0.1) is 12.2 Å². The van der Waals surface area contributed by atoms with Crippen molar-refractivity contribution in [2.24, 2.45) is 0 Å². The van der Waals surface area contributed by atoms with Crippen molar-refractivity contribution in [2.45, 2.75) is 25.9 Å². The highest BCUT2D eigenvalue weighted by atomic mass is 16.5. The second kappa shape index (κ2) is 7.83. The molecule has 1 aromatic heterocycles. The Morgan fingerprint density at radius 1 is 1.15 bits per heavy atom. The molecule has 4 nitrogen and oxygen atoms in total. The Morgan fingerprint density at radius 3 is 2.92 bits per heavy atom. The van der Waals surface area contributed by atoms with E-state index in [9.17, 15) is 0 Å². The predicted octanol–water partition coefficient (Wildman–Crippen LogP) is 3.98. The van der Waals surface area contributed by atoms with Gasteiger partial charge in [-0.05, 0) is 43.1 Å². The topological polar surface area (TPSA) is 40.3 Å². The molecule has 2 N–H and O–H groups in total. The molecule has 3 aromatic rings. The Morgan fingerprint density at radius 2 is 2.00 bits per heavy atom. The lowest BCUT2D eigenvalue weighted by Crippen LogP contribution is -2.45. The van der Waals surface area contributed by atoms with Crippen LogP contribution in [0.4, 0.5) is 5.69 Å². The number of ether oxygens (including phenoxy) is 1. The van der Waals surface area contributed by atoms with Crippen molar-refractivity contribution in [3.05, 3.63) is 60.3 Å². The molecule has 1 atom stereocenters. The summed E-state index contributed by atoms with van der Waals surface area (Å²) < 4.78 is 6.21. The van der Waals surface area contributed by atoms with Crippen molar-refractivity contribution in [3.63, 3.8) is 0 Å². The van der Waals surface area contributed by atoms with Crippen molar-refractivity contribution >= 4 is 16.6 Å². The van der Waals surface area contributed by atoms with Crippen LogP contribution in [0, 0.1) is 0 Å². The molecule has 136 valence electrons. The second-order valence-corrected chi connectivity index (χ2v) is 6.97. The molecule has 0 aliphatic carbocycles. The lowest BCUT2D eigenvalue weighted by Gasteiger charge is -2.36. The first-order chi connectivity index (χ1) is 12.8. The maximum Gasteiger partial charge on any atom is 0.143 e. The van der Waals surface area contributed by atoms with Gasteiger partial charge in [-0.3, -0.25) is 0 Å². The second-order valence-electron chi connectivity index (χ2n) is 6.97. The van der Waals surface area contributed by atoms with Gasteiger partial charge in [-0.25, -0.2) is 0 Å². The van der Waals surface area contributed by atoms with Gasteiger partial charge in [0.1, 0.15) is 11.9 Å². The molecular weight excluding hydrogens is 322 g/mol. The first kappa shape index (κ1) is 17.0. The fourth-order valence-corrected chi connectivity index (χ4v) is 3.79. The van der Waals surface area contributed by atoms with Crippen LogP contribution in [0.1, 0.15) is 18.9 Å². The molecule has 4 rings (SSSR count). The van der Waals surface area contributed by atoms with E-state index < -0.39 is 0 Å². The largest absolute Gasteiger partial charge is 0.485 e. The Hall–Kier alpha value is -2.46. The molecule has 1 unspecified atom stereocenters. The van der Waals surface area contributed by atoms with Crippen LogP contribution in [0.3, 0.4) is 0 Å². The number of aromatic nitrogens is 1. The maximum atomic E-state index is 6.21. The molecule has 0 spiro atoms. The lowest BCUT2D eigenvalue weighted by molar-refractivity contribution is 0.190. The highest BCUT2D eigenvalue weighted by Gasteiger charge is 2.24. The summed E-state index contributed by atoms with van der Waals surface area (Å²) in [6, 6.07) is 16.9. The van der Waals surface area contributed by atoms with E-state index in [1.54, 1.807) is 0 Å². The fourth-order valence-electron chi connectivity index (χ4n) is 3.79. The molecule has 1 aliphatic rings. The number of benzene rings is 2. The smallest absolute Gasteiger partial charge is 0.143 e. The van der Waals surface area contributed by atoms with E-state index in [-0.39, 0.29) is 6.10 Å². The number of hydrogen-bond donors (Lipinski definition) is 2. The first-order valence-corrected chi connectivity index (χ1v) is 9.61. The van der Waals surface area contributed by atoms with Crippen molar-refractivity contribution in [3.8, 4) is 5.75 Å². The molecular formula is C22H27N3O. The number of aromatic amines is 1. The Bertz CT molecular complexity index is 857. The lowest BCUT2D eigenvalue weighted by atomic mass is 10.1. The number of rotatable bonds is 7. The van der Waals surface area contributed by atoms with Gasteiger partial charge in [0.25, 0.3) is 0 Å². The number of para-hydroxylation sites is 3. The zero-order valence-corrected chi connectivity index (χ0v) is 15.4. The normalized spacial score (nSPS) is 16.5. The van der Waals surface area contributed by atoms with E-state index in [0.29, 0.717) is 0 Å². The molecule has 2 heterocycles. The van der Waals surface area contributed by atoms with Gasteiger partial charge in [-0.2, -0.15) is 0 Å². The van der Waals surface area contributed by atoms with Crippen LogP contribution in [0.25, 0.3) is 10.9 Å². The molecule has 2 aromatic carbocycles. The van der Waals surface area contributed by atoms with Crippen molar-refractivity contribution < 1.29 is 4.74 Å². The quantitative estimate of drug-likeness (QED) is 0.634. The van der Waals surface area contributed by atoms with Gasteiger partial charge in [0.15, 0.2) is 0 Å². The minimum absolute atomic E-state index is 0.194.